The molecule has 122 valence electrons. The maximum absolute atomic E-state index is 12.3. The van der Waals surface area contributed by atoms with Gasteiger partial charge in [0.15, 0.2) is 0 Å². The van der Waals surface area contributed by atoms with Gasteiger partial charge in [0.25, 0.3) is 0 Å². The molecule has 5 heteroatoms. The van der Waals surface area contributed by atoms with Gasteiger partial charge in [-0.25, -0.2) is 4.79 Å². The molecule has 1 aromatic carbocycles. The molecule has 2 N–H and O–H groups in total. The van der Waals surface area contributed by atoms with Gasteiger partial charge in [0.1, 0.15) is 12.1 Å². The summed E-state index contributed by atoms with van der Waals surface area (Å²) >= 11 is 0. The molecule has 0 radical (unpaired) electrons. The minimum atomic E-state index is -1.02. The Hall–Kier alpha value is -2.04. The number of amides is 2. The zero-order valence-corrected chi connectivity index (χ0v) is 14.0. The lowest BCUT2D eigenvalue weighted by Crippen LogP contribution is -2.61. The number of hydrogen-bond donors (Lipinski definition) is 2. The first-order chi connectivity index (χ1) is 10.3. The minimum absolute atomic E-state index is 0.00714. The molecular formula is C17H26N2O3. The summed E-state index contributed by atoms with van der Waals surface area (Å²) < 4.78 is 5.20. The molecule has 0 spiro atoms. The average Bonchev–Trinajstić information content (AvgIpc) is 2.45. The summed E-state index contributed by atoms with van der Waals surface area (Å²) in [4.78, 5) is 24.4. The molecule has 0 heterocycles. The van der Waals surface area contributed by atoms with Crippen LogP contribution < -0.4 is 10.6 Å². The largest absolute Gasteiger partial charge is 0.445 e. The molecule has 1 rings (SSSR count). The molecule has 2 amide bonds. The average molecular weight is 306 g/mol. The number of carbonyl (C=O) groups excluding carboxylic acids is 2. The van der Waals surface area contributed by atoms with Gasteiger partial charge in [0, 0.05) is 6.04 Å². The molecule has 0 unspecified atom stereocenters. The molecule has 0 saturated carbocycles. The van der Waals surface area contributed by atoms with Crippen molar-refractivity contribution in [2.24, 2.45) is 5.92 Å². The normalized spacial score (nSPS) is 13.6. The molecule has 0 aliphatic heterocycles. The summed E-state index contributed by atoms with van der Waals surface area (Å²) in [6.45, 7) is 9.42. The molecule has 22 heavy (non-hydrogen) atoms. The van der Waals surface area contributed by atoms with E-state index in [2.05, 4.69) is 10.6 Å². The van der Waals surface area contributed by atoms with Gasteiger partial charge in [0.2, 0.25) is 5.91 Å². The summed E-state index contributed by atoms with van der Waals surface area (Å²) in [5.74, 6) is -0.287. The third-order valence-electron chi connectivity index (χ3n) is 3.62. The van der Waals surface area contributed by atoms with Crippen molar-refractivity contribution in [1.29, 1.82) is 0 Å². The fourth-order valence-electron chi connectivity index (χ4n) is 1.85. The Balaban J connectivity index is 2.66. The number of carbonyl (C=O) groups is 2. The lowest BCUT2D eigenvalue weighted by Gasteiger charge is -2.33. The Kier molecular flexibility index (Phi) is 6.40. The van der Waals surface area contributed by atoms with Crippen LogP contribution in [0, 0.1) is 5.92 Å². The molecule has 5 nitrogen and oxygen atoms in total. The van der Waals surface area contributed by atoms with Crippen LogP contribution in [-0.4, -0.2) is 23.6 Å². The van der Waals surface area contributed by atoms with E-state index in [-0.39, 0.29) is 24.5 Å². The summed E-state index contributed by atoms with van der Waals surface area (Å²) in [6, 6.07) is 9.42. The van der Waals surface area contributed by atoms with Crippen LogP contribution in [0.25, 0.3) is 0 Å². The zero-order chi connectivity index (χ0) is 16.8. The van der Waals surface area contributed by atoms with Crippen molar-refractivity contribution in [1.82, 2.24) is 10.6 Å². The zero-order valence-electron chi connectivity index (χ0n) is 14.0. The third kappa shape index (κ3) is 5.06. The highest BCUT2D eigenvalue weighted by atomic mass is 16.5. The Bertz CT molecular complexity index is 500. The van der Waals surface area contributed by atoms with Crippen molar-refractivity contribution in [2.45, 2.75) is 52.8 Å². The standard InChI is InChI=1S/C17H26N2O3/c1-12(2)17(5,15(20)18-13(3)4)19-16(21)22-11-14-9-7-6-8-10-14/h6-10,12-13H,11H2,1-5H3,(H,18,20)(H,19,21)/t17-/m1/s1. The van der Waals surface area contributed by atoms with Crippen molar-refractivity contribution in [2.75, 3.05) is 0 Å². The second-order valence-corrected chi connectivity index (χ2v) is 6.17. The SMILES string of the molecule is CC(C)NC(=O)[C@](C)(NC(=O)OCc1ccccc1)C(C)C. The highest BCUT2D eigenvalue weighted by molar-refractivity contribution is 5.90. The van der Waals surface area contributed by atoms with E-state index in [0.29, 0.717) is 0 Å². The third-order valence-corrected chi connectivity index (χ3v) is 3.62. The van der Waals surface area contributed by atoms with Crippen molar-refractivity contribution in [3.63, 3.8) is 0 Å². The van der Waals surface area contributed by atoms with Crippen LogP contribution in [0.2, 0.25) is 0 Å². The van der Waals surface area contributed by atoms with Gasteiger partial charge in [-0.2, -0.15) is 0 Å². The number of hydrogen-bond acceptors (Lipinski definition) is 3. The van der Waals surface area contributed by atoms with Crippen LogP contribution in [0.4, 0.5) is 4.79 Å². The molecule has 1 atom stereocenters. The molecule has 0 aliphatic rings. The second-order valence-electron chi connectivity index (χ2n) is 6.17. The van der Waals surface area contributed by atoms with Crippen molar-refractivity contribution in [3.05, 3.63) is 35.9 Å². The van der Waals surface area contributed by atoms with Gasteiger partial charge in [0.05, 0.1) is 0 Å². The smallest absolute Gasteiger partial charge is 0.408 e. The molecule has 0 aromatic heterocycles. The summed E-state index contributed by atoms with van der Waals surface area (Å²) in [7, 11) is 0. The van der Waals surface area contributed by atoms with E-state index < -0.39 is 11.6 Å². The number of nitrogens with one attached hydrogen (secondary N) is 2. The topological polar surface area (TPSA) is 67.4 Å². The highest BCUT2D eigenvalue weighted by Crippen LogP contribution is 2.17. The monoisotopic (exact) mass is 306 g/mol. The first kappa shape index (κ1) is 18.0. The quantitative estimate of drug-likeness (QED) is 0.849. The second kappa shape index (κ2) is 7.82. The Morgan fingerprint density at radius 1 is 1.14 bits per heavy atom. The molecular weight excluding hydrogens is 280 g/mol. The van der Waals surface area contributed by atoms with Crippen molar-refractivity contribution >= 4 is 12.0 Å². The van der Waals surface area contributed by atoms with Crippen LogP contribution in [0.15, 0.2) is 30.3 Å². The van der Waals surface area contributed by atoms with E-state index in [1.165, 1.54) is 0 Å². The minimum Gasteiger partial charge on any atom is -0.445 e. The van der Waals surface area contributed by atoms with Gasteiger partial charge in [-0.1, -0.05) is 44.2 Å². The summed E-state index contributed by atoms with van der Waals surface area (Å²) in [5.41, 5.74) is -0.117. The van der Waals surface area contributed by atoms with Crippen molar-refractivity contribution < 1.29 is 14.3 Å². The molecule has 0 saturated heterocycles. The maximum atomic E-state index is 12.3. The van der Waals surface area contributed by atoms with Gasteiger partial charge < -0.3 is 15.4 Å². The van der Waals surface area contributed by atoms with E-state index in [1.807, 2.05) is 58.0 Å². The van der Waals surface area contributed by atoms with E-state index >= 15 is 0 Å². The molecule has 0 bridgehead atoms. The predicted octanol–water partition coefficient (Wildman–Crippen LogP) is 2.85. The number of ether oxygens (including phenoxy) is 1. The van der Waals surface area contributed by atoms with E-state index in [0.717, 1.165) is 5.56 Å². The van der Waals surface area contributed by atoms with E-state index in [1.54, 1.807) is 6.92 Å². The van der Waals surface area contributed by atoms with Gasteiger partial charge in [-0.05, 0) is 32.3 Å². The van der Waals surface area contributed by atoms with E-state index in [9.17, 15) is 9.59 Å². The Labute approximate surface area is 132 Å². The molecule has 0 fully saturated rings. The number of alkyl carbamates (subject to hydrolysis) is 1. The number of rotatable bonds is 6. The predicted molar refractivity (Wildman–Crippen MR) is 86.3 cm³/mol. The van der Waals surface area contributed by atoms with Crippen LogP contribution >= 0.6 is 0 Å². The Morgan fingerprint density at radius 3 is 2.23 bits per heavy atom. The first-order valence-corrected chi connectivity index (χ1v) is 7.55. The number of benzene rings is 1. The Morgan fingerprint density at radius 2 is 1.73 bits per heavy atom. The summed E-state index contributed by atoms with van der Waals surface area (Å²) in [6.07, 6.45) is -0.598. The molecule has 1 aromatic rings. The fraction of sp³-hybridized carbons (Fsp3) is 0.529. The van der Waals surface area contributed by atoms with Crippen LogP contribution in [0.5, 0.6) is 0 Å². The summed E-state index contributed by atoms with van der Waals surface area (Å²) in [5, 5.41) is 5.53. The highest BCUT2D eigenvalue weighted by Gasteiger charge is 2.38. The lowest BCUT2D eigenvalue weighted by molar-refractivity contribution is -0.129. The van der Waals surface area contributed by atoms with Crippen LogP contribution in [-0.2, 0) is 16.1 Å². The molecule has 0 aliphatic carbocycles. The van der Waals surface area contributed by atoms with E-state index in [4.69, 9.17) is 4.74 Å². The van der Waals surface area contributed by atoms with Crippen molar-refractivity contribution in [3.8, 4) is 0 Å². The first-order valence-electron chi connectivity index (χ1n) is 7.55. The van der Waals surface area contributed by atoms with Gasteiger partial charge in [-0.3, -0.25) is 4.79 Å². The fourth-order valence-corrected chi connectivity index (χ4v) is 1.85. The van der Waals surface area contributed by atoms with Crippen LogP contribution in [0.3, 0.4) is 0 Å². The van der Waals surface area contributed by atoms with Gasteiger partial charge >= 0.3 is 6.09 Å². The maximum Gasteiger partial charge on any atom is 0.408 e. The van der Waals surface area contributed by atoms with Crippen LogP contribution in [0.1, 0.15) is 40.2 Å². The lowest BCUT2D eigenvalue weighted by atomic mass is 9.87. The van der Waals surface area contributed by atoms with Gasteiger partial charge in [-0.15, -0.1) is 0 Å².